The van der Waals surface area contributed by atoms with Crippen LogP contribution in [0.25, 0.3) is 12.2 Å². The van der Waals surface area contributed by atoms with E-state index in [1.165, 1.54) is 12.2 Å². The van der Waals surface area contributed by atoms with Gasteiger partial charge >= 0.3 is 11.9 Å². The van der Waals surface area contributed by atoms with Gasteiger partial charge < -0.3 is 10.2 Å². The van der Waals surface area contributed by atoms with Gasteiger partial charge in [0.2, 0.25) is 0 Å². The molecule has 0 amide bonds. The largest absolute Gasteiger partial charge is 0.478 e. The van der Waals surface area contributed by atoms with Gasteiger partial charge in [-0.2, -0.15) is 0 Å². The second kappa shape index (κ2) is 12.7. The molecule has 0 aliphatic carbocycles. The fraction of sp³-hybridized carbons (Fsp3) is 0. The van der Waals surface area contributed by atoms with Gasteiger partial charge in [0.15, 0.2) is 0 Å². The third-order valence-electron chi connectivity index (χ3n) is 2.88. The van der Waals surface area contributed by atoms with E-state index in [4.69, 9.17) is 10.2 Å². The van der Waals surface area contributed by atoms with Gasteiger partial charge in [-0.05, 0) is 11.1 Å². The molecule has 2 rings (SSSR count). The van der Waals surface area contributed by atoms with E-state index >= 15 is 0 Å². The van der Waals surface area contributed by atoms with Gasteiger partial charge in [-0.3, -0.25) is 0 Å². The fourth-order valence-corrected chi connectivity index (χ4v) is 1.74. The van der Waals surface area contributed by atoms with Crippen molar-refractivity contribution in [1.29, 1.82) is 0 Å². The Hall–Kier alpha value is -3.66. The fourth-order valence-electron chi connectivity index (χ4n) is 1.74. The molecule has 0 radical (unpaired) electrons. The van der Waals surface area contributed by atoms with E-state index in [1.54, 1.807) is 12.2 Å². The van der Waals surface area contributed by atoms with Gasteiger partial charge in [0.1, 0.15) is 0 Å². The Bertz CT molecular complexity index is 716. The van der Waals surface area contributed by atoms with E-state index in [1.807, 2.05) is 72.8 Å². The van der Waals surface area contributed by atoms with Crippen LogP contribution in [-0.2, 0) is 9.59 Å². The first-order chi connectivity index (χ1) is 12.6. The third kappa shape index (κ3) is 11.0. The van der Waals surface area contributed by atoms with Crippen molar-refractivity contribution in [3.05, 3.63) is 108 Å². The van der Waals surface area contributed by atoms with Crippen LogP contribution in [0.4, 0.5) is 0 Å². The molecule has 0 unspecified atom stereocenters. The van der Waals surface area contributed by atoms with Crippen LogP contribution in [0.1, 0.15) is 11.1 Å². The lowest BCUT2D eigenvalue weighted by Gasteiger charge is -1.87. The number of aliphatic carboxylic acids is 2. The maximum absolute atomic E-state index is 10.1. The molecule has 0 saturated carbocycles. The van der Waals surface area contributed by atoms with Crippen molar-refractivity contribution >= 4 is 24.1 Å². The van der Waals surface area contributed by atoms with Crippen molar-refractivity contribution in [3.63, 3.8) is 0 Å². The lowest BCUT2D eigenvalue weighted by atomic mass is 10.2. The van der Waals surface area contributed by atoms with Crippen molar-refractivity contribution in [1.82, 2.24) is 0 Å². The molecule has 0 atom stereocenters. The van der Waals surface area contributed by atoms with Gasteiger partial charge in [0, 0.05) is 12.2 Å². The Balaban J connectivity index is 0.000000260. The first kappa shape index (κ1) is 20.4. The van der Waals surface area contributed by atoms with Crippen molar-refractivity contribution in [2.24, 2.45) is 0 Å². The zero-order chi connectivity index (χ0) is 19.0. The van der Waals surface area contributed by atoms with Gasteiger partial charge in [-0.1, -0.05) is 97.1 Å². The molecular weight excluding hydrogens is 328 g/mol. The third-order valence-corrected chi connectivity index (χ3v) is 2.88. The average molecular weight is 348 g/mol. The molecule has 0 spiro atoms. The summed E-state index contributed by atoms with van der Waals surface area (Å²) in [5.74, 6) is -1.87. The van der Waals surface area contributed by atoms with E-state index in [2.05, 4.69) is 0 Å². The van der Waals surface area contributed by atoms with Crippen molar-refractivity contribution in [2.45, 2.75) is 0 Å². The first-order valence-corrected chi connectivity index (χ1v) is 7.83. The Morgan fingerprint density at radius 2 is 0.923 bits per heavy atom. The lowest BCUT2D eigenvalue weighted by Crippen LogP contribution is -1.84. The highest BCUT2D eigenvalue weighted by atomic mass is 16.4. The van der Waals surface area contributed by atoms with Gasteiger partial charge in [0.25, 0.3) is 0 Å². The van der Waals surface area contributed by atoms with Crippen LogP contribution < -0.4 is 0 Å². The highest BCUT2D eigenvalue weighted by Gasteiger charge is 1.83. The van der Waals surface area contributed by atoms with E-state index in [0.717, 1.165) is 23.3 Å². The SMILES string of the molecule is O=C(O)C=CC=Cc1ccccc1.O=C(O)C=CC=Cc1ccccc1. The number of benzene rings is 2. The van der Waals surface area contributed by atoms with Crippen molar-refractivity contribution in [2.75, 3.05) is 0 Å². The van der Waals surface area contributed by atoms with Crippen LogP contribution in [0, 0.1) is 0 Å². The lowest BCUT2D eigenvalue weighted by molar-refractivity contribution is -0.132. The van der Waals surface area contributed by atoms with E-state index in [0.29, 0.717) is 0 Å². The number of carboxylic acid groups (broad SMARTS) is 2. The second-order valence-corrected chi connectivity index (χ2v) is 4.93. The molecule has 132 valence electrons. The maximum atomic E-state index is 10.1. The molecule has 4 heteroatoms. The van der Waals surface area contributed by atoms with Crippen molar-refractivity contribution < 1.29 is 19.8 Å². The number of carbonyl (C=O) groups is 2. The molecule has 0 aliphatic rings. The van der Waals surface area contributed by atoms with Gasteiger partial charge in [-0.25, -0.2) is 9.59 Å². The summed E-state index contributed by atoms with van der Waals surface area (Å²) >= 11 is 0. The van der Waals surface area contributed by atoms with Crippen molar-refractivity contribution in [3.8, 4) is 0 Å². The standard InChI is InChI=1S/2C11H10O2/c2*12-11(13)9-5-4-8-10-6-2-1-3-7-10/h2*1-9H,(H,12,13). The smallest absolute Gasteiger partial charge is 0.328 e. The number of carboxylic acids is 2. The summed E-state index contributed by atoms with van der Waals surface area (Å²) in [6, 6.07) is 19.4. The Kier molecular flexibility index (Phi) is 9.98. The monoisotopic (exact) mass is 348 g/mol. The minimum Gasteiger partial charge on any atom is -0.478 e. The molecule has 0 aromatic heterocycles. The van der Waals surface area contributed by atoms with Crippen LogP contribution in [0.2, 0.25) is 0 Å². The molecule has 0 aliphatic heterocycles. The summed E-state index contributed by atoms with van der Waals surface area (Å²) in [6.07, 6.45) is 12.3. The molecule has 2 N–H and O–H groups in total. The Labute approximate surface area is 152 Å². The van der Waals surface area contributed by atoms with Gasteiger partial charge in [0.05, 0.1) is 0 Å². The zero-order valence-corrected chi connectivity index (χ0v) is 14.1. The van der Waals surface area contributed by atoms with Crippen LogP contribution >= 0.6 is 0 Å². The van der Waals surface area contributed by atoms with E-state index < -0.39 is 11.9 Å². The van der Waals surface area contributed by atoms with Crippen LogP contribution in [0.15, 0.2) is 97.1 Å². The molecule has 0 bridgehead atoms. The summed E-state index contributed by atoms with van der Waals surface area (Å²) < 4.78 is 0. The summed E-state index contributed by atoms with van der Waals surface area (Å²) in [7, 11) is 0. The normalized spacial score (nSPS) is 11.1. The number of hydrogen-bond donors (Lipinski definition) is 2. The molecule has 4 nitrogen and oxygen atoms in total. The quantitative estimate of drug-likeness (QED) is 0.587. The number of allylic oxidation sites excluding steroid dienone is 4. The predicted octanol–water partition coefficient (Wildman–Crippen LogP) is 4.68. The highest BCUT2D eigenvalue weighted by Crippen LogP contribution is 2.01. The molecule has 0 fully saturated rings. The second-order valence-electron chi connectivity index (χ2n) is 4.93. The summed E-state index contributed by atoms with van der Waals surface area (Å²) in [6.45, 7) is 0. The van der Waals surface area contributed by atoms with Crippen LogP contribution in [-0.4, -0.2) is 22.2 Å². The minimum absolute atomic E-state index is 0.933. The topological polar surface area (TPSA) is 74.6 Å². The molecule has 0 heterocycles. The molecule has 2 aromatic rings. The summed E-state index contributed by atoms with van der Waals surface area (Å²) in [5.41, 5.74) is 2.11. The Morgan fingerprint density at radius 3 is 1.23 bits per heavy atom. The molecule has 0 saturated heterocycles. The minimum atomic E-state index is -0.933. The predicted molar refractivity (Wildman–Crippen MR) is 105 cm³/mol. The van der Waals surface area contributed by atoms with Crippen LogP contribution in [0.3, 0.4) is 0 Å². The number of hydrogen-bond acceptors (Lipinski definition) is 2. The first-order valence-electron chi connectivity index (χ1n) is 7.83. The number of rotatable bonds is 6. The molecule has 26 heavy (non-hydrogen) atoms. The molecular formula is C22H20O4. The summed E-state index contributed by atoms with van der Waals surface area (Å²) in [4.78, 5) is 20.2. The highest BCUT2D eigenvalue weighted by molar-refractivity contribution is 5.80. The van der Waals surface area contributed by atoms with E-state index in [9.17, 15) is 9.59 Å². The maximum Gasteiger partial charge on any atom is 0.328 e. The van der Waals surface area contributed by atoms with E-state index in [-0.39, 0.29) is 0 Å². The average Bonchev–Trinajstić information content (AvgIpc) is 2.64. The Morgan fingerprint density at radius 1 is 0.577 bits per heavy atom. The molecule has 2 aromatic carbocycles. The van der Waals surface area contributed by atoms with Crippen LogP contribution in [0.5, 0.6) is 0 Å². The zero-order valence-electron chi connectivity index (χ0n) is 14.1. The van der Waals surface area contributed by atoms with Gasteiger partial charge in [-0.15, -0.1) is 0 Å². The summed E-state index contributed by atoms with van der Waals surface area (Å²) in [5, 5.41) is 16.6.